The van der Waals surface area contributed by atoms with Crippen molar-refractivity contribution in [1.29, 1.82) is 0 Å². The Hall–Kier alpha value is -0.970. The minimum atomic E-state index is -1.38. The standard InChI is InChI=1S/C21H30O4/c1-10-6-14-15-11(2)18(22)17-16(20(17,3)4)13(15)7-12(9-25-5)8-21(14,24)19(10)23/h6-7,11,13-18,22,24H,8-9H2,1-5H3/t11?,13?,14-,15?,16-,17?,18?,21?/m0/s1. The summed E-state index contributed by atoms with van der Waals surface area (Å²) in [6, 6.07) is 0. The van der Waals surface area contributed by atoms with Crippen molar-refractivity contribution in [2.75, 3.05) is 13.7 Å². The fraction of sp³-hybridized carbons (Fsp3) is 0.762. The number of ether oxygens (including phenoxy) is 1. The molecule has 0 aliphatic heterocycles. The minimum Gasteiger partial charge on any atom is -0.393 e. The fourth-order valence-electron chi connectivity index (χ4n) is 6.60. The van der Waals surface area contributed by atoms with E-state index in [1.807, 2.05) is 6.08 Å². The number of carbonyl (C=O) groups excluding carboxylic acids is 1. The average molecular weight is 346 g/mol. The Morgan fingerprint density at radius 3 is 2.60 bits per heavy atom. The van der Waals surface area contributed by atoms with Crippen LogP contribution in [0.25, 0.3) is 0 Å². The number of aliphatic hydroxyl groups is 2. The first kappa shape index (κ1) is 17.4. The molecule has 4 aliphatic carbocycles. The summed E-state index contributed by atoms with van der Waals surface area (Å²) in [6.07, 6.45) is 4.22. The molecule has 0 aromatic carbocycles. The summed E-state index contributed by atoms with van der Waals surface area (Å²) >= 11 is 0. The van der Waals surface area contributed by atoms with Crippen LogP contribution in [0.4, 0.5) is 0 Å². The third kappa shape index (κ3) is 2.14. The molecule has 2 N–H and O–H groups in total. The van der Waals surface area contributed by atoms with Crippen LogP contribution in [0, 0.1) is 40.9 Å². The molecule has 0 saturated heterocycles. The Morgan fingerprint density at radius 1 is 1.28 bits per heavy atom. The monoisotopic (exact) mass is 346 g/mol. The highest BCUT2D eigenvalue weighted by Gasteiger charge is 2.71. The van der Waals surface area contributed by atoms with Gasteiger partial charge in [0.15, 0.2) is 5.78 Å². The van der Waals surface area contributed by atoms with Crippen molar-refractivity contribution in [3.63, 3.8) is 0 Å². The van der Waals surface area contributed by atoms with Gasteiger partial charge in [-0.3, -0.25) is 4.79 Å². The van der Waals surface area contributed by atoms with E-state index < -0.39 is 5.60 Å². The number of carbonyl (C=O) groups is 1. The van der Waals surface area contributed by atoms with E-state index in [0.717, 1.165) is 5.57 Å². The summed E-state index contributed by atoms with van der Waals surface area (Å²) in [4.78, 5) is 12.8. The molecular weight excluding hydrogens is 316 g/mol. The van der Waals surface area contributed by atoms with Crippen LogP contribution < -0.4 is 0 Å². The van der Waals surface area contributed by atoms with Gasteiger partial charge in [0.25, 0.3) is 0 Å². The highest BCUT2D eigenvalue weighted by atomic mass is 16.5. The molecule has 0 aromatic heterocycles. The van der Waals surface area contributed by atoms with Crippen LogP contribution in [0.15, 0.2) is 23.3 Å². The number of Topliss-reactive ketones (excluding diaryl/α,β-unsaturated/α-hetero) is 1. The quantitative estimate of drug-likeness (QED) is 0.753. The van der Waals surface area contributed by atoms with Gasteiger partial charge >= 0.3 is 0 Å². The second-order valence-corrected chi connectivity index (χ2v) is 9.44. The molecule has 2 saturated carbocycles. The molecule has 4 aliphatic rings. The number of fused-ring (bicyclic) bond motifs is 5. The second kappa shape index (κ2) is 5.28. The maximum atomic E-state index is 12.8. The van der Waals surface area contributed by atoms with Gasteiger partial charge in [-0.15, -0.1) is 0 Å². The molecule has 4 nitrogen and oxygen atoms in total. The van der Waals surface area contributed by atoms with Crippen molar-refractivity contribution in [3.8, 4) is 0 Å². The number of rotatable bonds is 2. The summed E-state index contributed by atoms with van der Waals surface area (Å²) in [5, 5.41) is 22.3. The first-order chi connectivity index (χ1) is 11.6. The Kier molecular flexibility index (Phi) is 3.68. The molecule has 0 heterocycles. The van der Waals surface area contributed by atoms with Crippen molar-refractivity contribution >= 4 is 5.78 Å². The van der Waals surface area contributed by atoms with Gasteiger partial charge in [0, 0.05) is 19.4 Å². The van der Waals surface area contributed by atoms with E-state index in [4.69, 9.17) is 4.74 Å². The van der Waals surface area contributed by atoms with Crippen LogP contribution in [0.3, 0.4) is 0 Å². The van der Waals surface area contributed by atoms with Crippen LogP contribution in [-0.2, 0) is 9.53 Å². The summed E-state index contributed by atoms with van der Waals surface area (Å²) in [5.41, 5.74) is 0.395. The van der Waals surface area contributed by atoms with Crippen molar-refractivity contribution in [3.05, 3.63) is 23.3 Å². The molecule has 0 aromatic rings. The van der Waals surface area contributed by atoms with Gasteiger partial charge in [-0.1, -0.05) is 32.9 Å². The fourth-order valence-corrected chi connectivity index (χ4v) is 6.60. The van der Waals surface area contributed by atoms with Crippen molar-refractivity contribution < 1.29 is 19.7 Å². The van der Waals surface area contributed by atoms with Crippen LogP contribution in [-0.4, -0.2) is 41.4 Å². The zero-order valence-corrected chi connectivity index (χ0v) is 15.8. The van der Waals surface area contributed by atoms with E-state index >= 15 is 0 Å². The molecule has 4 heteroatoms. The van der Waals surface area contributed by atoms with Gasteiger partial charge in [-0.2, -0.15) is 0 Å². The Balaban J connectivity index is 1.84. The molecular formula is C21H30O4. The largest absolute Gasteiger partial charge is 0.393 e. The number of ketones is 1. The van der Waals surface area contributed by atoms with Gasteiger partial charge in [-0.05, 0) is 53.1 Å². The highest BCUT2D eigenvalue weighted by Crippen LogP contribution is 2.71. The third-order valence-corrected chi connectivity index (χ3v) is 7.77. The number of hydrogen-bond donors (Lipinski definition) is 2. The first-order valence-electron chi connectivity index (χ1n) is 9.46. The second-order valence-electron chi connectivity index (χ2n) is 9.44. The zero-order chi connectivity index (χ0) is 18.3. The molecule has 0 bridgehead atoms. The predicted octanol–water partition coefficient (Wildman–Crippen LogP) is 2.35. The van der Waals surface area contributed by atoms with Crippen molar-refractivity contribution in [1.82, 2.24) is 0 Å². The average Bonchev–Trinajstić information content (AvgIpc) is 3.08. The Bertz CT molecular complexity index is 675. The summed E-state index contributed by atoms with van der Waals surface area (Å²) < 4.78 is 5.36. The number of allylic oxidation sites excluding steroid dienone is 1. The van der Waals surface area contributed by atoms with Crippen molar-refractivity contribution in [2.24, 2.45) is 40.9 Å². The number of methoxy groups -OCH3 is 1. The topological polar surface area (TPSA) is 66.8 Å². The molecule has 8 atom stereocenters. The smallest absolute Gasteiger partial charge is 0.190 e. The summed E-state index contributed by atoms with van der Waals surface area (Å²) in [5.74, 6) is 0.741. The Morgan fingerprint density at radius 2 is 1.96 bits per heavy atom. The Labute approximate surface area is 149 Å². The van der Waals surface area contributed by atoms with Gasteiger partial charge in [0.1, 0.15) is 5.60 Å². The molecule has 0 amide bonds. The van der Waals surface area contributed by atoms with Crippen LogP contribution >= 0.6 is 0 Å². The molecule has 25 heavy (non-hydrogen) atoms. The SMILES string of the molecule is COCC1=CC2C(C(C)C(O)C3[C@H]2C3(C)C)[C@@H]2C=C(C)C(=O)C2(O)C1. The summed E-state index contributed by atoms with van der Waals surface area (Å²) in [6.45, 7) is 8.82. The van der Waals surface area contributed by atoms with Gasteiger partial charge < -0.3 is 14.9 Å². The van der Waals surface area contributed by atoms with E-state index in [0.29, 0.717) is 30.4 Å². The van der Waals surface area contributed by atoms with E-state index in [1.54, 1.807) is 14.0 Å². The van der Waals surface area contributed by atoms with E-state index in [2.05, 4.69) is 26.8 Å². The lowest BCUT2D eigenvalue weighted by atomic mass is 9.63. The molecule has 138 valence electrons. The highest BCUT2D eigenvalue weighted by molar-refractivity contribution is 6.04. The number of hydrogen-bond acceptors (Lipinski definition) is 4. The third-order valence-electron chi connectivity index (χ3n) is 7.77. The van der Waals surface area contributed by atoms with E-state index in [-0.39, 0.29) is 41.0 Å². The lowest BCUT2D eigenvalue weighted by Crippen LogP contribution is -2.50. The van der Waals surface area contributed by atoms with Crippen LogP contribution in [0.5, 0.6) is 0 Å². The van der Waals surface area contributed by atoms with Crippen LogP contribution in [0.1, 0.15) is 34.1 Å². The van der Waals surface area contributed by atoms with E-state index in [9.17, 15) is 15.0 Å². The van der Waals surface area contributed by atoms with Crippen molar-refractivity contribution in [2.45, 2.75) is 45.8 Å². The van der Waals surface area contributed by atoms with Crippen LogP contribution in [0.2, 0.25) is 0 Å². The normalized spacial score (nSPS) is 50.2. The van der Waals surface area contributed by atoms with Gasteiger partial charge in [0.05, 0.1) is 12.7 Å². The molecule has 2 fully saturated rings. The molecule has 0 spiro atoms. The van der Waals surface area contributed by atoms with Gasteiger partial charge in [-0.25, -0.2) is 0 Å². The maximum Gasteiger partial charge on any atom is 0.190 e. The molecule has 6 unspecified atom stereocenters. The maximum absolute atomic E-state index is 12.8. The minimum absolute atomic E-state index is 0.0534. The lowest BCUT2D eigenvalue weighted by molar-refractivity contribution is -0.140. The molecule has 0 radical (unpaired) electrons. The first-order valence-corrected chi connectivity index (χ1v) is 9.46. The summed E-state index contributed by atoms with van der Waals surface area (Å²) in [7, 11) is 1.65. The lowest BCUT2D eigenvalue weighted by Gasteiger charge is -2.43. The number of aliphatic hydroxyl groups excluding tert-OH is 1. The molecule has 4 rings (SSSR count). The zero-order valence-electron chi connectivity index (χ0n) is 15.8. The van der Waals surface area contributed by atoms with E-state index in [1.165, 1.54) is 0 Å². The predicted molar refractivity (Wildman–Crippen MR) is 94.7 cm³/mol. The van der Waals surface area contributed by atoms with Gasteiger partial charge in [0.2, 0.25) is 0 Å².